The predicted octanol–water partition coefficient (Wildman–Crippen LogP) is 4.00. The number of hydrogen-bond acceptors (Lipinski definition) is 2. The molecule has 2 bridgehead atoms. The van der Waals surface area contributed by atoms with Gasteiger partial charge in [0.05, 0.1) is 0 Å². The normalized spacial score (nSPS) is 31.5. The van der Waals surface area contributed by atoms with Crippen LogP contribution in [0.25, 0.3) is 10.8 Å². The average Bonchev–Trinajstić information content (AvgIpc) is 2.76. The lowest BCUT2D eigenvalue weighted by atomic mass is 9.73. The second kappa shape index (κ2) is 5.20. The van der Waals surface area contributed by atoms with Gasteiger partial charge in [0.25, 0.3) is 0 Å². The van der Waals surface area contributed by atoms with E-state index in [1.165, 1.54) is 29.2 Å². The van der Waals surface area contributed by atoms with Crippen molar-refractivity contribution in [1.82, 2.24) is 4.90 Å². The molecule has 2 heterocycles. The van der Waals surface area contributed by atoms with Gasteiger partial charge in [0.15, 0.2) is 0 Å². The summed E-state index contributed by atoms with van der Waals surface area (Å²) in [4.78, 5) is 14.9. The standard InChI is InChI=1S/C20H23NO/c1-13(22)20-18(12-15-10-11-19(20)21(15)2)17-9-5-7-14-6-3-4-8-16(14)17/h3-9,15,18-20H,10-12H2,1-2H3/t15?,18-,19?,20+/m1/s1. The van der Waals surface area contributed by atoms with Crippen LogP contribution in [0.15, 0.2) is 42.5 Å². The van der Waals surface area contributed by atoms with E-state index in [2.05, 4.69) is 54.4 Å². The molecular formula is C20H23NO. The Balaban J connectivity index is 1.84. The number of Topliss-reactive ketones (excluding diaryl/α,β-unsaturated/α-hetero) is 1. The van der Waals surface area contributed by atoms with Gasteiger partial charge in [0.2, 0.25) is 0 Å². The van der Waals surface area contributed by atoms with E-state index >= 15 is 0 Å². The van der Waals surface area contributed by atoms with Crippen LogP contribution >= 0.6 is 0 Å². The molecule has 4 atom stereocenters. The summed E-state index contributed by atoms with van der Waals surface area (Å²) >= 11 is 0. The van der Waals surface area contributed by atoms with Gasteiger partial charge in [-0.05, 0) is 55.5 Å². The molecular weight excluding hydrogens is 270 g/mol. The summed E-state index contributed by atoms with van der Waals surface area (Å²) in [5.74, 6) is 0.877. The van der Waals surface area contributed by atoms with Crippen LogP contribution in [-0.4, -0.2) is 29.8 Å². The number of carbonyl (C=O) groups is 1. The molecule has 0 amide bonds. The lowest BCUT2D eigenvalue weighted by Gasteiger charge is -2.42. The van der Waals surface area contributed by atoms with Crippen LogP contribution in [0.2, 0.25) is 0 Å². The Morgan fingerprint density at radius 1 is 1.09 bits per heavy atom. The molecule has 2 aliphatic heterocycles. The first kappa shape index (κ1) is 14.0. The summed E-state index contributed by atoms with van der Waals surface area (Å²) in [6.07, 6.45) is 3.53. The average molecular weight is 293 g/mol. The number of nitrogens with zero attached hydrogens (tertiary/aromatic N) is 1. The van der Waals surface area contributed by atoms with Crippen LogP contribution in [0.1, 0.15) is 37.7 Å². The van der Waals surface area contributed by atoms with E-state index in [1.54, 1.807) is 6.92 Å². The highest BCUT2D eigenvalue weighted by Gasteiger charge is 2.47. The Bertz CT molecular complexity index is 717. The molecule has 4 rings (SSSR count). The molecule has 0 spiro atoms. The third-order valence-corrected chi connectivity index (χ3v) is 5.96. The molecule has 22 heavy (non-hydrogen) atoms. The van der Waals surface area contributed by atoms with Gasteiger partial charge < -0.3 is 0 Å². The molecule has 2 nitrogen and oxygen atoms in total. The third-order valence-electron chi connectivity index (χ3n) is 5.96. The van der Waals surface area contributed by atoms with Gasteiger partial charge in [0, 0.05) is 18.0 Å². The molecule has 2 saturated heterocycles. The van der Waals surface area contributed by atoms with E-state index in [-0.39, 0.29) is 5.92 Å². The Labute approximate surface area is 132 Å². The van der Waals surface area contributed by atoms with E-state index in [0.29, 0.717) is 23.8 Å². The number of fused-ring (bicyclic) bond motifs is 3. The molecule has 2 heteroatoms. The minimum Gasteiger partial charge on any atom is -0.300 e. The summed E-state index contributed by atoms with van der Waals surface area (Å²) < 4.78 is 0. The lowest BCUT2D eigenvalue weighted by molar-refractivity contribution is -0.124. The minimum absolute atomic E-state index is 0.148. The second-order valence-electron chi connectivity index (χ2n) is 7.01. The molecule has 2 aromatic carbocycles. The molecule has 2 unspecified atom stereocenters. The highest BCUT2D eigenvalue weighted by Crippen LogP contribution is 2.47. The van der Waals surface area contributed by atoms with Crippen molar-refractivity contribution in [2.24, 2.45) is 5.92 Å². The first-order valence-corrected chi connectivity index (χ1v) is 8.37. The fourth-order valence-electron chi connectivity index (χ4n) is 4.91. The quantitative estimate of drug-likeness (QED) is 0.834. The number of ketones is 1. The molecule has 0 aromatic heterocycles. The number of hydrogen-bond donors (Lipinski definition) is 0. The largest absolute Gasteiger partial charge is 0.300 e. The zero-order valence-corrected chi connectivity index (χ0v) is 13.3. The Kier molecular flexibility index (Phi) is 3.30. The Hall–Kier alpha value is -1.67. The number of piperidine rings is 1. The smallest absolute Gasteiger partial charge is 0.135 e. The lowest BCUT2D eigenvalue weighted by Crippen LogP contribution is -2.48. The minimum atomic E-state index is 0.148. The van der Waals surface area contributed by atoms with Crippen LogP contribution in [0.4, 0.5) is 0 Å². The predicted molar refractivity (Wildman–Crippen MR) is 90.1 cm³/mol. The monoisotopic (exact) mass is 293 g/mol. The molecule has 0 aliphatic carbocycles. The van der Waals surface area contributed by atoms with Crippen molar-refractivity contribution in [2.75, 3.05) is 7.05 Å². The van der Waals surface area contributed by atoms with Crippen molar-refractivity contribution in [1.29, 1.82) is 0 Å². The summed E-state index contributed by atoms with van der Waals surface area (Å²) in [6.45, 7) is 1.79. The molecule has 0 saturated carbocycles. The molecule has 114 valence electrons. The summed E-state index contributed by atoms with van der Waals surface area (Å²) in [6, 6.07) is 16.2. The van der Waals surface area contributed by atoms with Gasteiger partial charge in [-0.2, -0.15) is 0 Å². The van der Waals surface area contributed by atoms with E-state index in [0.717, 1.165) is 6.42 Å². The maximum Gasteiger partial charge on any atom is 0.135 e. The maximum absolute atomic E-state index is 12.4. The first-order chi connectivity index (χ1) is 10.7. The van der Waals surface area contributed by atoms with Gasteiger partial charge in [-0.1, -0.05) is 42.5 Å². The molecule has 0 radical (unpaired) electrons. The van der Waals surface area contributed by atoms with Crippen LogP contribution in [0, 0.1) is 5.92 Å². The van der Waals surface area contributed by atoms with Crippen molar-refractivity contribution in [3.05, 3.63) is 48.0 Å². The summed E-state index contributed by atoms with van der Waals surface area (Å²) in [7, 11) is 2.21. The topological polar surface area (TPSA) is 20.3 Å². The van der Waals surface area contributed by atoms with E-state index in [9.17, 15) is 4.79 Å². The fourth-order valence-corrected chi connectivity index (χ4v) is 4.91. The van der Waals surface area contributed by atoms with E-state index < -0.39 is 0 Å². The van der Waals surface area contributed by atoms with Crippen LogP contribution < -0.4 is 0 Å². The molecule has 2 aliphatic rings. The Morgan fingerprint density at radius 3 is 2.68 bits per heavy atom. The zero-order valence-electron chi connectivity index (χ0n) is 13.3. The fraction of sp³-hybridized carbons (Fsp3) is 0.450. The van der Waals surface area contributed by atoms with Gasteiger partial charge in [-0.15, -0.1) is 0 Å². The van der Waals surface area contributed by atoms with Crippen molar-refractivity contribution >= 4 is 16.6 Å². The van der Waals surface area contributed by atoms with Gasteiger partial charge >= 0.3 is 0 Å². The van der Waals surface area contributed by atoms with Crippen LogP contribution in [0.3, 0.4) is 0 Å². The first-order valence-electron chi connectivity index (χ1n) is 8.37. The number of benzene rings is 2. The van der Waals surface area contributed by atoms with Gasteiger partial charge in [0.1, 0.15) is 5.78 Å². The van der Waals surface area contributed by atoms with Gasteiger partial charge in [-0.25, -0.2) is 0 Å². The van der Waals surface area contributed by atoms with E-state index in [4.69, 9.17) is 0 Å². The number of rotatable bonds is 2. The molecule has 2 fully saturated rings. The third kappa shape index (κ3) is 2.01. The van der Waals surface area contributed by atoms with Gasteiger partial charge in [-0.3, -0.25) is 9.69 Å². The van der Waals surface area contributed by atoms with Crippen LogP contribution in [-0.2, 0) is 4.79 Å². The second-order valence-corrected chi connectivity index (χ2v) is 7.01. The van der Waals surface area contributed by atoms with E-state index in [1.807, 2.05) is 0 Å². The summed E-state index contributed by atoms with van der Waals surface area (Å²) in [5.41, 5.74) is 1.38. The van der Waals surface area contributed by atoms with Crippen LogP contribution in [0.5, 0.6) is 0 Å². The maximum atomic E-state index is 12.4. The highest BCUT2D eigenvalue weighted by molar-refractivity contribution is 5.88. The van der Waals surface area contributed by atoms with Crippen molar-refractivity contribution in [2.45, 2.75) is 44.2 Å². The Morgan fingerprint density at radius 2 is 1.86 bits per heavy atom. The van der Waals surface area contributed by atoms with Crippen molar-refractivity contribution in [3.63, 3.8) is 0 Å². The molecule has 0 N–H and O–H groups in total. The highest BCUT2D eigenvalue weighted by atomic mass is 16.1. The number of carbonyl (C=O) groups excluding carboxylic acids is 1. The SMILES string of the molecule is CC(=O)[C@@H]1C2CCC(C[C@@H]1c1cccc3ccccc13)N2C. The molecule has 2 aromatic rings. The zero-order chi connectivity index (χ0) is 15.3. The van der Waals surface area contributed by atoms with Crippen molar-refractivity contribution in [3.8, 4) is 0 Å². The summed E-state index contributed by atoms with van der Waals surface area (Å²) in [5, 5.41) is 2.61. The van der Waals surface area contributed by atoms with Crippen molar-refractivity contribution < 1.29 is 4.79 Å².